The molecule has 0 radical (unpaired) electrons. The molecule has 0 heterocycles. The van der Waals surface area contributed by atoms with Crippen molar-refractivity contribution >= 4 is 17.7 Å². The smallest absolute Gasteiger partial charge is 0.186 e. The molecule has 0 bridgehead atoms. The lowest BCUT2D eigenvalue weighted by atomic mass is 10.1. The van der Waals surface area contributed by atoms with Crippen LogP contribution in [0.1, 0.15) is 12.0 Å². The van der Waals surface area contributed by atoms with E-state index in [1.54, 1.807) is 18.2 Å². The zero-order chi connectivity index (χ0) is 10.6. The van der Waals surface area contributed by atoms with Crippen LogP contribution in [0.5, 0.6) is 11.5 Å². The average Bonchev–Trinajstić information content (AvgIpc) is 2.16. The first-order valence-electron chi connectivity index (χ1n) is 4.21. The molecule has 0 unspecified atom stereocenters. The lowest BCUT2D eigenvalue weighted by Crippen LogP contribution is -1.92. The fourth-order valence-corrected chi connectivity index (χ4v) is 1.24. The Morgan fingerprint density at radius 1 is 1.57 bits per heavy atom. The molecule has 0 aromatic heterocycles. The molecular formula is C10H12O3S. The quantitative estimate of drug-likeness (QED) is 0.748. The van der Waals surface area contributed by atoms with Crippen molar-refractivity contribution in [3.05, 3.63) is 23.8 Å². The fraction of sp³-hybridized carbons (Fsp3) is 0.300. The molecule has 1 rings (SSSR count). The second kappa shape index (κ2) is 4.91. The number of hydrogen-bond acceptors (Lipinski definition) is 3. The number of carbonyl (C=O) groups is 1. The number of aryl methyl sites for hydroxylation is 1. The van der Waals surface area contributed by atoms with E-state index in [4.69, 9.17) is 4.74 Å². The van der Waals surface area contributed by atoms with Crippen LogP contribution in [0.25, 0.3) is 0 Å². The Morgan fingerprint density at radius 2 is 2.29 bits per heavy atom. The molecule has 1 aromatic rings. The summed E-state index contributed by atoms with van der Waals surface area (Å²) in [6, 6.07) is 5.03. The number of hydrogen-bond donors (Lipinski definition) is 2. The van der Waals surface area contributed by atoms with Crippen LogP contribution in [-0.2, 0) is 11.2 Å². The van der Waals surface area contributed by atoms with Crippen LogP contribution in [0.15, 0.2) is 18.2 Å². The van der Waals surface area contributed by atoms with Crippen LogP contribution in [0.3, 0.4) is 0 Å². The maximum Gasteiger partial charge on any atom is 0.186 e. The SMILES string of the molecule is COc1cc(CCC(=O)S)ccc1O. The fourth-order valence-electron chi connectivity index (χ4n) is 1.13. The van der Waals surface area contributed by atoms with Gasteiger partial charge in [-0.3, -0.25) is 4.79 Å². The predicted octanol–water partition coefficient (Wildman–Crippen LogP) is 1.79. The van der Waals surface area contributed by atoms with E-state index in [2.05, 4.69) is 12.6 Å². The molecular weight excluding hydrogens is 200 g/mol. The molecule has 0 atom stereocenters. The Hall–Kier alpha value is -1.16. The minimum absolute atomic E-state index is 0.105. The van der Waals surface area contributed by atoms with Gasteiger partial charge < -0.3 is 9.84 Å². The maximum absolute atomic E-state index is 10.6. The lowest BCUT2D eigenvalue weighted by Gasteiger charge is -2.05. The van der Waals surface area contributed by atoms with Gasteiger partial charge in [0.15, 0.2) is 16.6 Å². The van der Waals surface area contributed by atoms with E-state index in [9.17, 15) is 9.90 Å². The molecule has 76 valence electrons. The van der Waals surface area contributed by atoms with E-state index in [0.29, 0.717) is 18.6 Å². The zero-order valence-electron chi connectivity index (χ0n) is 7.86. The summed E-state index contributed by atoms with van der Waals surface area (Å²) in [5, 5.41) is 9.16. The van der Waals surface area contributed by atoms with Gasteiger partial charge in [-0.1, -0.05) is 6.07 Å². The number of thiol groups is 1. The van der Waals surface area contributed by atoms with E-state index in [-0.39, 0.29) is 10.9 Å². The first-order valence-corrected chi connectivity index (χ1v) is 4.66. The number of carbonyl (C=O) groups excluding carboxylic acids is 1. The molecule has 1 aromatic carbocycles. The second-order valence-electron chi connectivity index (χ2n) is 2.90. The van der Waals surface area contributed by atoms with Crippen molar-refractivity contribution in [3.8, 4) is 11.5 Å². The highest BCUT2D eigenvalue weighted by atomic mass is 32.1. The van der Waals surface area contributed by atoms with Crippen molar-refractivity contribution in [2.24, 2.45) is 0 Å². The maximum atomic E-state index is 10.6. The third-order valence-corrected chi connectivity index (χ3v) is 2.10. The van der Waals surface area contributed by atoms with E-state index < -0.39 is 0 Å². The molecule has 0 aliphatic heterocycles. The Kier molecular flexibility index (Phi) is 3.83. The summed E-state index contributed by atoms with van der Waals surface area (Å²) in [6.07, 6.45) is 0.996. The predicted molar refractivity (Wildman–Crippen MR) is 57.0 cm³/mol. The number of aromatic hydroxyl groups is 1. The second-order valence-corrected chi connectivity index (χ2v) is 3.40. The highest BCUT2D eigenvalue weighted by Crippen LogP contribution is 2.26. The summed E-state index contributed by atoms with van der Waals surface area (Å²) in [4.78, 5) is 10.6. The molecule has 1 N–H and O–H groups in total. The van der Waals surface area contributed by atoms with Gasteiger partial charge in [-0.25, -0.2) is 0 Å². The van der Waals surface area contributed by atoms with Crippen molar-refractivity contribution in [3.63, 3.8) is 0 Å². The lowest BCUT2D eigenvalue weighted by molar-refractivity contribution is -0.110. The van der Waals surface area contributed by atoms with Gasteiger partial charge in [0.05, 0.1) is 7.11 Å². The summed E-state index contributed by atoms with van der Waals surface area (Å²) in [5.41, 5.74) is 0.946. The molecule has 0 aliphatic rings. The molecule has 0 saturated carbocycles. The van der Waals surface area contributed by atoms with Gasteiger partial charge >= 0.3 is 0 Å². The van der Waals surface area contributed by atoms with Gasteiger partial charge in [0.25, 0.3) is 0 Å². The minimum atomic E-state index is -0.142. The van der Waals surface area contributed by atoms with Crippen molar-refractivity contribution in [2.45, 2.75) is 12.8 Å². The number of phenols is 1. The topological polar surface area (TPSA) is 46.5 Å². The molecule has 0 amide bonds. The molecule has 0 saturated heterocycles. The summed E-state index contributed by atoms with van der Waals surface area (Å²) >= 11 is 3.68. The van der Waals surface area contributed by atoms with Crippen molar-refractivity contribution in [1.29, 1.82) is 0 Å². The Labute approximate surface area is 88.1 Å². The Balaban J connectivity index is 2.74. The average molecular weight is 212 g/mol. The number of phenolic OH excluding ortho intramolecular Hbond substituents is 1. The largest absolute Gasteiger partial charge is 0.504 e. The molecule has 3 nitrogen and oxygen atoms in total. The highest BCUT2D eigenvalue weighted by molar-refractivity contribution is 7.96. The highest BCUT2D eigenvalue weighted by Gasteiger charge is 2.03. The van der Waals surface area contributed by atoms with Crippen LogP contribution in [0.4, 0.5) is 0 Å². The number of ether oxygens (including phenoxy) is 1. The van der Waals surface area contributed by atoms with Gasteiger partial charge in [-0.05, 0) is 24.1 Å². The molecule has 0 aliphatic carbocycles. The standard InChI is InChI=1S/C10H12O3S/c1-13-9-6-7(2-4-8(9)11)3-5-10(12)14/h2,4,6,11H,3,5H2,1H3,(H,12,14). The zero-order valence-corrected chi connectivity index (χ0v) is 8.75. The third kappa shape index (κ3) is 2.96. The monoisotopic (exact) mass is 212 g/mol. The number of benzene rings is 1. The molecule has 0 fully saturated rings. The molecule has 14 heavy (non-hydrogen) atoms. The number of rotatable bonds is 4. The summed E-state index contributed by atoms with van der Waals surface area (Å²) < 4.78 is 4.94. The van der Waals surface area contributed by atoms with Gasteiger partial charge in [0.2, 0.25) is 0 Å². The summed E-state index contributed by atoms with van der Waals surface area (Å²) in [6.45, 7) is 0. The molecule has 0 spiro atoms. The van der Waals surface area contributed by atoms with E-state index >= 15 is 0 Å². The first-order chi connectivity index (χ1) is 6.63. The summed E-state index contributed by atoms with van der Waals surface area (Å²) in [7, 11) is 1.49. The van der Waals surface area contributed by atoms with Crippen molar-refractivity contribution in [2.75, 3.05) is 7.11 Å². The van der Waals surface area contributed by atoms with Gasteiger partial charge in [-0.15, -0.1) is 12.6 Å². The van der Waals surface area contributed by atoms with Crippen LogP contribution in [-0.4, -0.2) is 17.3 Å². The first kappa shape index (κ1) is 10.9. The van der Waals surface area contributed by atoms with Crippen molar-refractivity contribution < 1.29 is 14.6 Å². The van der Waals surface area contributed by atoms with Gasteiger partial charge in [-0.2, -0.15) is 0 Å². The summed E-state index contributed by atoms with van der Waals surface area (Å²) in [5.74, 6) is 0.530. The Morgan fingerprint density at radius 3 is 2.86 bits per heavy atom. The van der Waals surface area contributed by atoms with Crippen LogP contribution in [0.2, 0.25) is 0 Å². The van der Waals surface area contributed by atoms with Crippen molar-refractivity contribution in [1.82, 2.24) is 0 Å². The van der Waals surface area contributed by atoms with E-state index in [0.717, 1.165) is 5.56 Å². The molecule has 4 heteroatoms. The van der Waals surface area contributed by atoms with Gasteiger partial charge in [0.1, 0.15) is 0 Å². The van der Waals surface area contributed by atoms with E-state index in [1.807, 2.05) is 0 Å². The van der Waals surface area contributed by atoms with Crippen LogP contribution >= 0.6 is 12.6 Å². The van der Waals surface area contributed by atoms with E-state index in [1.165, 1.54) is 7.11 Å². The number of methoxy groups -OCH3 is 1. The Bertz CT molecular complexity index is 336. The minimum Gasteiger partial charge on any atom is -0.504 e. The third-order valence-electron chi connectivity index (χ3n) is 1.87. The van der Waals surface area contributed by atoms with Crippen LogP contribution in [0, 0.1) is 0 Å². The van der Waals surface area contributed by atoms with Crippen LogP contribution < -0.4 is 4.74 Å². The van der Waals surface area contributed by atoms with Gasteiger partial charge in [0, 0.05) is 6.42 Å². The normalized spacial score (nSPS) is 9.86.